The molecule has 2 aromatic rings. The number of hydrogen-bond acceptors (Lipinski definition) is 2. The van der Waals surface area contributed by atoms with Gasteiger partial charge >= 0.3 is 0 Å². The summed E-state index contributed by atoms with van der Waals surface area (Å²) in [6.07, 6.45) is 1.13. The minimum atomic E-state index is 0.194. The number of aryl methyl sites for hydroxylation is 2. The summed E-state index contributed by atoms with van der Waals surface area (Å²) in [6.45, 7) is 9.04. The smallest absolute Gasteiger partial charge is 0.119 e. The lowest BCUT2D eigenvalue weighted by atomic mass is 9.88. The minimum absolute atomic E-state index is 0.194. The molecule has 0 aliphatic heterocycles. The van der Waals surface area contributed by atoms with Crippen LogP contribution in [0.2, 0.25) is 0 Å². The standard InChI is InChI=1S/C20H27NO/c1-14(2)22-19-7-5-6-17(12-19)11-18(13-21)20-9-8-15(3)10-16(20)4/h5-10,12,14,18H,11,13,21H2,1-4H3. The van der Waals surface area contributed by atoms with E-state index in [1.165, 1.54) is 22.3 Å². The molecule has 2 heteroatoms. The topological polar surface area (TPSA) is 35.2 Å². The highest BCUT2D eigenvalue weighted by molar-refractivity contribution is 5.36. The van der Waals surface area contributed by atoms with Crippen molar-refractivity contribution in [2.75, 3.05) is 6.54 Å². The molecular weight excluding hydrogens is 270 g/mol. The van der Waals surface area contributed by atoms with Gasteiger partial charge in [-0.3, -0.25) is 0 Å². The van der Waals surface area contributed by atoms with E-state index in [1.54, 1.807) is 0 Å². The highest BCUT2D eigenvalue weighted by atomic mass is 16.5. The molecule has 2 nitrogen and oxygen atoms in total. The normalized spacial score (nSPS) is 12.5. The molecule has 0 amide bonds. The number of benzene rings is 2. The molecule has 2 N–H and O–H groups in total. The van der Waals surface area contributed by atoms with E-state index in [0.29, 0.717) is 12.5 Å². The predicted molar refractivity (Wildman–Crippen MR) is 93.6 cm³/mol. The Labute approximate surface area is 134 Å². The first kappa shape index (κ1) is 16.6. The summed E-state index contributed by atoms with van der Waals surface area (Å²) in [5, 5.41) is 0. The average Bonchev–Trinajstić information content (AvgIpc) is 2.45. The molecule has 0 fully saturated rings. The fraction of sp³-hybridized carbons (Fsp3) is 0.400. The zero-order valence-corrected chi connectivity index (χ0v) is 14.1. The second kappa shape index (κ2) is 7.46. The number of rotatable bonds is 6. The van der Waals surface area contributed by atoms with Gasteiger partial charge in [-0.1, -0.05) is 35.9 Å². The Bertz CT molecular complexity index is 619. The molecule has 0 bridgehead atoms. The van der Waals surface area contributed by atoms with Crippen molar-refractivity contribution in [3.05, 3.63) is 64.7 Å². The number of ether oxygens (including phenoxy) is 1. The van der Waals surface area contributed by atoms with Gasteiger partial charge in [0.2, 0.25) is 0 Å². The van der Waals surface area contributed by atoms with Crippen LogP contribution in [0.5, 0.6) is 5.75 Å². The van der Waals surface area contributed by atoms with Gasteiger partial charge in [-0.25, -0.2) is 0 Å². The van der Waals surface area contributed by atoms with Crippen LogP contribution in [0.1, 0.15) is 42.0 Å². The number of hydrogen-bond donors (Lipinski definition) is 1. The summed E-state index contributed by atoms with van der Waals surface area (Å²) in [5.74, 6) is 1.28. The first-order valence-corrected chi connectivity index (χ1v) is 8.02. The Morgan fingerprint density at radius 2 is 1.82 bits per heavy atom. The summed E-state index contributed by atoms with van der Waals surface area (Å²) < 4.78 is 5.78. The quantitative estimate of drug-likeness (QED) is 0.859. The molecule has 118 valence electrons. The fourth-order valence-corrected chi connectivity index (χ4v) is 2.91. The van der Waals surface area contributed by atoms with Crippen molar-refractivity contribution < 1.29 is 4.74 Å². The molecule has 0 heterocycles. The van der Waals surface area contributed by atoms with Crippen molar-refractivity contribution in [1.29, 1.82) is 0 Å². The van der Waals surface area contributed by atoms with E-state index in [9.17, 15) is 0 Å². The van der Waals surface area contributed by atoms with Gasteiger partial charge in [0.05, 0.1) is 6.10 Å². The average molecular weight is 297 g/mol. The fourth-order valence-electron chi connectivity index (χ4n) is 2.91. The highest BCUT2D eigenvalue weighted by Gasteiger charge is 2.13. The van der Waals surface area contributed by atoms with Crippen LogP contribution in [0.15, 0.2) is 42.5 Å². The molecular formula is C20H27NO. The maximum Gasteiger partial charge on any atom is 0.119 e. The molecule has 0 spiro atoms. The summed E-state index contributed by atoms with van der Waals surface area (Å²) >= 11 is 0. The van der Waals surface area contributed by atoms with Gasteiger partial charge < -0.3 is 10.5 Å². The molecule has 0 saturated carbocycles. The lowest BCUT2D eigenvalue weighted by molar-refractivity contribution is 0.242. The Balaban J connectivity index is 2.19. The van der Waals surface area contributed by atoms with Crippen LogP contribution in [0.25, 0.3) is 0 Å². The first-order valence-electron chi connectivity index (χ1n) is 8.02. The largest absolute Gasteiger partial charge is 0.491 e. The van der Waals surface area contributed by atoms with E-state index in [4.69, 9.17) is 10.5 Å². The van der Waals surface area contributed by atoms with Crippen molar-refractivity contribution in [2.24, 2.45) is 5.73 Å². The minimum Gasteiger partial charge on any atom is -0.491 e. The second-order valence-electron chi connectivity index (χ2n) is 6.31. The van der Waals surface area contributed by atoms with Gasteiger partial charge in [-0.05, 0) is 69.5 Å². The Morgan fingerprint density at radius 1 is 1.05 bits per heavy atom. The van der Waals surface area contributed by atoms with Crippen molar-refractivity contribution in [3.63, 3.8) is 0 Å². The molecule has 1 unspecified atom stereocenters. The molecule has 1 atom stereocenters. The van der Waals surface area contributed by atoms with Crippen LogP contribution >= 0.6 is 0 Å². The monoisotopic (exact) mass is 297 g/mol. The van der Waals surface area contributed by atoms with Crippen LogP contribution in [0, 0.1) is 13.8 Å². The van der Waals surface area contributed by atoms with Gasteiger partial charge in [-0.2, -0.15) is 0 Å². The van der Waals surface area contributed by atoms with Gasteiger partial charge in [-0.15, -0.1) is 0 Å². The Morgan fingerprint density at radius 3 is 2.45 bits per heavy atom. The van der Waals surface area contributed by atoms with Crippen molar-refractivity contribution in [2.45, 2.75) is 46.1 Å². The summed E-state index contributed by atoms with van der Waals surface area (Å²) in [4.78, 5) is 0. The summed E-state index contributed by atoms with van der Waals surface area (Å²) in [6, 6.07) is 15.0. The lowest BCUT2D eigenvalue weighted by Crippen LogP contribution is -2.16. The highest BCUT2D eigenvalue weighted by Crippen LogP contribution is 2.25. The molecule has 0 aromatic heterocycles. The van der Waals surface area contributed by atoms with Crippen molar-refractivity contribution in [3.8, 4) is 5.75 Å². The van der Waals surface area contributed by atoms with Crippen LogP contribution in [-0.2, 0) is 6.42 Å². The molecule has 22 heavy (non-hydrogen) atoms. The lowest BCUT2D eigenvalue weighted by Gasteiger charge is -2.19. The van der Waals surface area contributed by atoms with E-state index in [1.807, 2.05) is 19.9 Å². The Kier molecular flexibility index (Phi) is 5.62. The van der Waals surface area contributed by atoms with E-state index in [-0.39, 0.29) is 6.10 Å². The molecule has 0 aliphatic carbocycles. The molecule has 0 saturated heterocycles. The number of nitrogens with two attached hydrogens (primary N) is 1. The van der Waals surface area contributed by atoms with Crippen molar-refractivity contribution in [1.82, 2.24) is 0 Å². The van der Waals surface area contributed by atoms with E-state index >= 15 is 0 Å². The van der Waals surface area contributed by atoms with E-state index in [0.717, 1.165) is 12.2 Å². The van der Waals surface area contributed by atoms with Crippen LogP contribution < -0.4 is 10.5 Å². The maximum absolute atomic E-state index is 6.05. The summed E-state index contributed by atoms with van der Waals surface area (Å²) in [7, 11) is 0. The Hall–Kier alpha value is -1.80. The van der Waals surface area contributed by atoms with Crippen molar-refractivity contribution >= 4 is 0 Å². The van der Waals surface area contributed by atoms with Gasteiger partial charge in [0, 0.05) is 5.92 Å². The van der Waals surface area contributed by atoms with Gasteiger partial charge in [0.25, 0.3) is 0 Å². The third kappa shape index (κ3) is 4.35. The first-order chi connectivity index (χ1) is 10.5. The van der Waals surface area contributed by atoms with Crippen LogP contribution in [0.4, 0.5) is 0 Å². The molecule has 0 aliphatic rings. The van der Waals surface area contributed by atoms with E-state index in [2.05, 4.69) is 50.2 Å². The van der Waals surface area contributed by atoms with Crippen LogP contribution in [-0.4, -0.2) is 12.6 Å². The van der Waals surface area contributed by atoms with Gasteiger partial charge in [0.15, 0.2) is 0 Å². The zero-order valence-electron chi connectivity index (χ0n) is 14.1. The predicted octanol–water partition coefficient (Wildman–Crippen LogP) is 4.38. The third-order valence-corrected chi connectivity index (χ3v) is 3.90. The maximum atomic E-state index is 6.05. The van der Waals surface area contributed by atoms with E-state index < -0.39 is 0 Å². The molecule has 0 radical (unpaired) electrons. The van der Waals surface area contributed by atoms with Gasteiger partial charge in [0.1, 0.15) is 5.75 Å². The SMILES string of the molecule is Cc1ccc(C(CN)Cc2cccc(OC(C)C)c2)c(C)c1. The third-order valence-electron chi connectivity index (χ3n) is 3.90. The molecule has 2 aromatic carbocycles. The van der Waals surface area contributed by atoms with Crippen LogP contribution in [0.3, 0.4) is 0 Å². The molecule has 2 rings (SSSR count). The summed E-state index contributed by atoms with van der Waals surface area (Å²) in [5.41, 5.74) is 11.3. The zero-order chi connectivity index (χ0) is 16.1. The second-order valence-corrected chi connectivity index (χ2v) is 6.31.